The maximum atomic E-state index is 13.4. The fourth-order valence-electron chi connectivity index (χ4n) is 1.66. The molecule has 0 spiro atoms. The lowest BCUT2D eigenvalue weighted by molar-refractivity contribution is 0.465. The maximum Gasteiger partial charge on any atom is 0.161 e. The van der Waals surface area contributed by atoms with E-state index in [1.807, 2.05) is 13.8 Å². The van der Waals surface area contributed by atoms with Crippen molar-refractivity contribution < 1.29 is 13.2 Å². The molecule has 1 aromatic carbocycles. The molecule has 0 fully saturated rings. The summed E-state index contributed by atoms with van der Waals surface area (Å²) in [7, 11) is 0. The van der Waals surface area contributed by atoms with Crippen LogP contribution in [0.4, 0.5) is 13.2 Å². The van der Waals surface area contributed by atoms with E-state index in [1.165, 1.54) is 0 Å². The molecule has 0 bridgehead atoms. The van der Waals surface area contributed by atoms with E-state index in [9.17, 15) is 13.2 Å². The number of benzene rings is 1. The molecular formula is C12H14ClF3. The Morgan fingerprint density at radius 1 is 1.12 bits per heavy atom. The Labute approximate surface area is 98.4 Å². The van der Waals surface area contributed by atoms with Gasteiger partial charge >= 0.3 is 0 Å². The van der Waals surface area contributed by atoms with Crippen LogP contribution in [0, 0.1) is 23.4 Å². The molecule has 0 aliphatic heterocycles. The second-order valence-electron chi connectivity index (χ2n) is 3.96. The first-order valence-electron chi connectivity index (χ1n) is 5.25. The minimum Gasteiger partial charge on any atom is -0.207 e. The Hall–Kier alpha value is -0.700. The number of alkyl halides is 1. The van der Waals surface area contributed by atoms with Crippen LogP contribution in [0.1, 0.15) is 37.6 Å². The number of hydrogen-bond donors (Lipinski definition) is 0. The minimum absolute atomic E-state index is 0.0195. The summed E-state index contributed by atoms with van der Waals surface area (Å²) in [6.07, 6.45) is 1.72. The standard InChI is InChI=1S/C12H14ClF3/c1-3-4-7(2)12(13)8-5-10(15)11(16)6-9(8)14/h5-7,12H,3-4H2,1-2H3. The van der Waals surface area contributed by atoms with Crippen LogP contribution in [0.25, 0.3) is 0 Å². The van der Waals surface area contributed by atoms with Gasteiger partial charge in [0.15, 0.2) is 11.6 Å². The van der Waals surface area contributed by atoms with Crippen LogP contribution >= 0.6 is 11.6 Å². The van der Waals surface area contributed by atoms with Crippen LogP contribution in [0.3, 0.4) is 0 Å². The molecule has 1 aromatic rings. The molecule has 0 radical (unpaired) electrons. The second kappa shape index (κ2) is 5.58. The smallest absolute Gasteiger partial charge is 0.161 e. The fourth-order valence-corrected chi connectivity index (χ4v) is 1.95. The number of halogens is 4. The lowest BCUT2D eigenvalue weighted by atomic mass is 9.96. The van der Waals surface area contributed by atoms with Crippen molar-refractivity contribution in [1.29, 1.82) is 0 Å². The normalized spacial score (nSPS) is 14.9. The maximum absolute atomic E-state index is 13.4. The molecule has 1 rings (SSSR count). The Morgan fingerprint density at radius 3 is 2.25 bits per heavy atom. The predicted molar refractivity (Wildman–Crippen MR) is 59.0 cm³/mol. The summed E-state index contributed by atoms with van der Waals surface area (Å²) >= 11 is 6.04. The van der Waals surface area contributed by atoms with E-state index in [0.717, 1.165) is 18.9 Å². The summed E-state index contributed by atoms with van der Waals surface area (Å²) < 4.78 is 39.1. The Kier molecular flexibility index (Phi) is 4.66. The molecule has 16 heavy (non-hydrogen) atoms. The lowest BCUT2D eigenvalue weighted by Gasteiger charge is -2.18. The van der Waals surface area contributed by atoms with Gasteiger partial charge in [-0.25, -0.2) is 13.2 Å². The summed E-state index contributed by atoms with van der Waals surface area (Å²) in [6, 6.07) is 1.38. The lowest BCUT2D eigenvalue weighted by Crippen LogP contribution is -2.07. The summed E-state index contributed by atoms with van der Waals surface area (Å²) in [5, 5.41) is -0.630. The van der Waals surface area contributed by atoms with Gasteiger partial charge in [-0.2, -0.15) is 0 Å². The molecule has 90 valence electrons. The van der Waals surface area contributed by atoms with Gasteiger partial charge in [-0.15, -0.1) is 11.6 Å². The van der Waals surface area contributed by atoms with E-state index in [0.29, 0.717) is 6.07 Å². The highest BCUT2D eigenvalue weighted by molar-refractivity contribution is 6.21. The van der Waals surface area contributed by atoms with E-state index in [4.69, 9.17) is 11.6 Å². The van der Waals surface area contributed by atoms with Gasteiger partial charge in [-0.05, 0) is 18.4 Å². The van der Waals surface area contributed by atoms with Crippen molar-refractivity contribution >= 4 is 11.6 Å². The zero-order valence-corrected chi connectivity index (χ0v) is 9.99. The third-order valence-electron chi connectivity index (χ3n) is 2.58. The van der Waals surface area contributed by atoms with E-state index in [-0.39, 0.29) is 11.5 Å². The van der Waals surface area contributed by atoms with E-state index in [2.05, 4.69) is 0 Å². The summed E-state index contributed by atoms with van der Waals surface area (Å²) in [6.45, 7) is 3.85. The van der Waals surface area contributed by atoms with Gasteiger partial charge in [-0.1, -0.05) is 20.3 Å². The Morgan fingerprint density at radius 2 is 1.69 bits per heavy atom. The van der Waals surface area contributed by atoms with Gasteiger partial charge in [0.25, 0.3) is 0 Å². The topological polar surface area (TPSA) is 0 Å². The van der Waals surface area contributed by atoms with Crippen LogP contribution in [-0.2, 0) is 0 Å². The third-order valence-corrected chi connectivity index (χ3v) is 3.25. The van der Waals surface area contributed by atoms with Crippen LogP contribution in [0.15, 0.2) is 12.1 Å². The average Bonchev–Trinajstić information content (AvgIpc) is 2.23. The predicted octanol–water partition coefficient (Wildman–Crippen LogP) is 4.82. The van der Waals surface area contributed by atoms with Gasteiger partial charge in [-0.3, -0.25) is 0 Å². The molecule has 0 amide bonds. The molecule has 2 unspecified atom stereocenters. The highest BCUT2D eigenvalue weighted by Crippen LogP contribution is 2.34. The third kappa shape index (κ3) is 2.91. The molecule has 0 aromatic heterocycles. The highest BCUT2D eigenvalue weighted by Gasteiger charge is 2.21. The fraction of sp³-hybridized carbons (Fsp3) is 0.500. The van der Waals surface area contributed by atoms with Gasteiger partial charge in [0, 0.05) is 11.6 Å². The van der Waals surface area contributed by atoms with Crippen molar-refractivity contribution in [1.82, 2.24) is 0 Å². The Balaban J connectivity index is 2.99. The summed E-state index contributed by atoms with van der Waals surface area (Å²) in [5.74, 6) is -3.02. The molecule has 0 saturated heterocycles. The number of rotatable bonds is 4. The molecule has 0 nitrogen and oxygen atoms in total. The Bertz CT molecular complexity index is 366. The van der Waals surface area contributed by atoms with Crippen molar-refractivity contribution in [3.05, 3.63) is 35.1 Å². The van der Waals surface area contributed by atoms with Crippen LogP contribution in [0.5, 0.6) is 0 Å². The molecule has 0 N–H and O–H groups in total. The largest absolute Gasteiger partial charge is 0.207 e. The highest BCUT2D eigenvalue weighted by atomic mass is 35.5. The van der Waals surface area contributed by atoms with Gasteiger partial charge < -0.3 is 0 Å². The zero-order chi connectivity index (χ0) is 12.3. The van der Waals surface area contributed by atoms with Crippen molar-refractivity contribution in [2.45, 2.75) is 32.1 Å². The summed E-state index contributed by atoms with van der Waals surface area (Å²) in [5.41, 5.74) is 0.0292. The average molecular weight is 251 g/mol. The van der Waals surface area contributed by atoms with Gasteiger partial charge in [0.2, 0.25) is 0 Å². The van der Waals surface area contributed by atoms with Crippen LogP contribution in [0.2, 0.25) is 0 Å². The van der Waals surface area contributed by atoms with Gasteiger partial charge in [0.1, 0.15) is 5.82 Å². The SMILES string of the molecule is CCCC(C)C(Cl)c1cc(F)c(F)cc1F. The van der Waals surface area contributed by atoms with Crippen molar-refractivity contribution in [2.75, 3.05) is 0 Å². The number of hydrogen-bond acceptors (Lipinski definition) is 0. The van der Waals surface area contributed by atoms with Crippen molar-refractivity contribution in [3.8, 4) is 0 Å². The molecule has 0 heterocycles. The monoisotopic (exact) mass is 250 g/mol. The minimum atomic E-state index is -1.19. The quantitative estimate of drug-likeness (QED) is 0.531. The second-order valence-corrected chi connectivity index (χ2v) is 4.43. The zero-order valence-electron chi connectivity index (χ0n) is 9.24. The first kappa shape index (κ1) is 13.4. The molecule has 0 aliphatic carbocycles. The molecule has 0 saturated carbocycles. The first-order chi connectivity index (χ1) is 7.47. The van der Waals surface area contributed by atoms with Crippen LogP contribution < -0.4 is 0 Å². The molecule has 4 heteroatoms. The summed E-state index contributed by atoms with van der Waals surface area (Å²) in [4.78, 5) is 0. The van der Waals surface area contributed by atoms with Crippen LogP contribution in [-0.4, -0.2) is 0 Å². The van der Waals surface area contributed by atoms with Crippen molar-refractivity contribution in [2.24, 2.45) is 5.92 Å². The van der Waals surface area contributed by atoms with Crippen molar-refractivity contribution in [3.63, 3.8) is 0 Å². The van der Waals surface area contributed by atoms with E-state index in [1.54, 1.807) is 0 Å². The van der Waals surface area contributed by atoms with E-state index >= 15 is 0 Å². The molecular weight excluding hydrogens is 237 g/mol. The van der Waals surface area contributed by atoms with Gasteiger partial charge in [0.05, 0.1) is 5.38 Å². The molecule has 0 aliphatic rings. The molecule has 2 atom stereocenters. The van der Waals surface area contributed by atoms with E-state index < -0.39 is 22.8 Å². The first-order valence-corrected chi connectivity index (χ1v) is 5.69.